The van der Waals surface area contributed by atoms with E-state index < -0.39 is 19.5 Å². The van der Waals surface area contributed by atoms with Gasteiger partial charge in [0.25, 0.3) is 5.91 Å². The van der Waals surface area contributed by atoms with Gasteiger partial charge in [-0.3, -0.25) is 9.59 Å². The number of carbonyl (C=O) groups excluding carboxylic acids is 2. The molecule has 3 heterocycles. The van der Waals surface area contributed by atoms with Gasteiger partial charge in [0.15, 0.2) is 5.65 Å². The molecule has 2 amide bonds. The van der Waals surface area contributed by atoms with E-state index in [4.69, 9.17) is 14.5 Å². The normalized spacial score (nSPS) is 18.1. The first-order chi connectivity index (χ1) is 19.9. The van der Waals surface area contributed by atoms with Crippen molar-refractivity contribution in [3.8, 4) is 11.9 Å². The highest BCUT2D eigenvalue weighted by Crippen LogP contribution is 2.28. The summed E-state index contributed by atoms with van der Waals surface area (Å²) in [4.78, 5) is 38.7. The van der Waals surface area contributed by atoms with Crippen molar-refractivity contribution in [2.24, 2.45) is 11.3 Å². The molecule has 2 aromatic rings. The maximum Gasteiger partial charge on any atom is 0.255 e. The van der Waals surface area contributed by atoms with Crippen LogP contribution in [0.3, 0.4) is 0 Å². The Kier molecular flexibility index (Phi) is 10.3. The number of piperidine rings is 1. The van der Waals surface area contributed by atoms with E-state index in [1.165, 1.54) is 6.42 Å². The molecular formula is C31H48N6O4Si. The highest BCUT2D eigenvalue weighted by atomic mass is 28.3. The van der Waals surface area contributed by atoms with Crippen LogP contribution in [0.4, 0.5) is 0 Å². The molecule has 0 unspecified atom stereocenters. The molecular weight excluding hydrogens is 548 g/mol. The fourth-order valence-corrected chi connectivity index (χ4v) is 6.28. The van der Waals surface area contributed by atoms with E-state index in [9.17, 15) is 14.9 Å². The molecule has 1 atom stereocenters. The van der Waals surface area contributed by atoms with Crippen molar-refractivity contribution in [3.63, 3.8) is 0 Å². The SMILES string of the molecule is CC(C)(C)[C@@H](NC(=O)c1cn(COCC[Si](C)(C)C)c2ncc(OC3CCCCC3)nc12)C(=O)N1CCC(C#N)CC1. The second-order valence-corrected chi connectivity index (χ2v) is 19.7. The van der Waals surface area contributed by atoms with Crippen molar-refractivity contribution in [3.05, 3.63) is 18.0 Å². The topological polar surface area (TPSA) is 122 Å². The average molecular weight is 597 g/mol. The van der Waals surface area contributed by atoms with Crippen molar-refractivity contribution in [1.29, 1.82) is 5.26 Å². The Labute approximate surface area is 251 Å². The molecule has 11 heteroatoms. The summed E-state index contributed by atoms with van der Waals surface area (Å²) in [6.07, 6.45) is 10.2. The molecule has 2 aromatic heterocycles. The van der Waals surface area contributed by atoms with E-state index in [-0.39, 0.29) is 30.6 Å². The van der Waals surface area contributed by atoms with E-state index >= 15 is 0 Å². The first-order valence-electron chi connectivity index (χ1n) is 15.5. The van der Waals surface area contributed by atoms with Gasteiger partial charge in [-0.05, 0) is 50.0 Å². The lowest BCUT2D eigenvalue weighted by molar-refractivity contribution is -0.137. The molecule has 4 rings (SSSR count). The monoisotopic (exact) mass is 596 g/mol. The van der Waals surface area contributed by atoms with Gasteiger partial charge < -0.3 is 24.3 Å². The third-order valence-electron chi connectivity index (χ3n) is 8.23. The zero-order valence-electron chi connectivity index (χ0n) is 26.2. The number of fused-ring (bicyclic) bond motifs is 1. The predicted molar refractivity (Wildman–Crippen MR) is 165 cm³/mol. The smallest absolute Gasteiger partial charge is 0.255 e. The summed E-state index contributed by atoms with van der Waals surface area (Å²) in [5.74, 6) is -0.132. The van der Waals surface area contributed by atoms with Crippen LogP contribution in [0.25, 0.3) is 11.2 Å². The van der Waals surface area contributed by atoms with Crippen LogP contribution in [0, 0.1) is 22.7 Å². The summed E-state index contributed by atoms with van der Waals surface area (Å²) in [5, 5.41) is 12.3. The molecule has 2 aliphatic rings. The average Bonchev–Trinajstić information content (AvgIpc) is 3.31. The van der Waals surface area contributed by atoms with Crippen LogP contribution in [0.5, 0.6) is 5.88 Å². The summed E-state index contributed by atoms with van der Waals surface area (Å²) in [5.41, 5.74) is 0.787. The molecule has 0 radical (unpaired) electrons. The van der Waals surface area contributed by atoms with Gasteiger partial charge in [0.2, 0.25) is 11.8 Å². The lowest BCUT2D eigenvalue weighted by Crippen LogP contribution is -2.56. The summed E-state index contributed by atoms with van der Waals surface area (Å²) >= 11 is 0. The molecule has 0 bridgehead atoms. The molecule has 1 N–H and O–H groups in total. The van der Waals surface area contributed by atoms with Gasteiger partial charge in [0.1, 0.15) is 24.4 Å². The highest BCUT2D eigenvalue weighted by molar-refractivity contribution is 6.76. The van der Waals surface area contributed by atoms with E-state index in [1.807, 2.05) is 25.3 Å². The van der Waals surface area contributed by atoms with E-state index in [0.29, 0.717) is 55.1 Å². The minimum atomic E-state index is -1.25. The molecule has 1 saturated carbocycles. The van der Waals surface area contributed by atoms with Crippen LogP contribution in [-0.2, 0) is 16.3 Å². The minimum absolute atomic E-state index is 0.0283. The molecule has 1 aliphatic carbocycles. The molecule has 1 aliphatic heterocycles. The number of nitrogens with one attached hydrogen (secondary N) is 1. The van der Waals surface area contributed by atoms with Gasteiger partial charge in [0, 0.05) is 39.9 Å². The van der Waals surface area contributed by atoms with E-state index in [2.05, 4.69) is 36.0 Å². The van der Waals surface area contributed by atoms with Crippen molar-refractivity contribution < 1.29 is 19.1 Å². The van der Waals surface area contributed by atoms with E-state index in [1.54, 1.807) is 17.3 Å². The highest BCUT2D eigenvalue weighted by Gasteiger charge is 2.37. The standard InChI is InChI=1S/C31H48N6O4Si/c1-31(2,3)27(30(39)36-14-12-22(18-32)13-15-36)35-29(38)24-20-37(21-40-16-17-42(4,5)6)28-26(24)34-25(19-33-28)41-23-10-8-7-9-11-23/h19-20,22-23,27H,7-17,21H2,1-6H3,(H,35,38)/t27-/m0/s1. The van der Waals surface area contributed by atoms with Gasteiger partial charge in [-0.15, -0.1) is 0 Å². The third kappa shape index (κ3) is 8.31. The maximum absolute atomic E-state index is 13.9. The fraction of sp³-hybridized carbons (Fsp3) is 0.710. The first-order valence-corrected chi connectivity index (χ1v) is 19.2. The second-order valence-electron chi connectivity index (χ2n) is 14.1. The van der Waals surface area contributed by atoms with Gasteiger partial charge in [-0.1, -0.05) is 46.8 Å². The largest absolute Gasteiger partial charge is 0.473 e. The molecule has 2 fully saturated rings. The summed E-state index contributed by atoms with van der Waals surface area (Å²) in [6, 6.07) is 2.60. The molecule has 230 valence electrons. The number of rotatable bonds is 10. The fourth-order valence-electron chi connectivity index (χ4n) is 5.52. The maximum atomic E-state index is 13.9. The molecule has 0 spiro atoms. The zero-order chi connectivity index (χ0) is 30.5. The zero-order valence-corrected chi connectivity index (χ0v) is 27.2. The van der Waals surface area contributed by atoms with Crippen LogP contribution < -0.4 is 10.1 Å². The van der Waals surface area contributed by atoms with Gasteiger partial charge in [-0.25, -0.2) is 9.97 Å². The third-order valence-corrected chi connectivity index (χ3v) is 9.94. The Hall–Kier alpha value is -2.97. The van der Waals surface area contributed by atoms with Crippen LogP contribution >= 0.6 is 0 Å². The van der Waals surface area contributed by atoms with Crippen LogP contribution in [0.15, 0.2) is 12.4 Å². The number of nitriles is 1. The minimum Gasteiger partial charge on any atom is -0.473 e. The van der Waals surface area contributed by atoms with Crippen molar-refractivity contribution in [1.82, 2.24) is 24.8 Å². The number of nitrogens with zero attached hydrogens (tertiary/aromatic N) is 5. The van der Waals surface area contributed by atoms with Gasteiger partial charge in [0.05, 0.1) is 17.8 Å². The Morgan fingerprint density at radius 2 is 1.83 bits per heavy atom. The van der Waals surface area contributed by atoms with E-state index in [0.717, 1.165) is 31.7 Å². The Morgan fingerprint density at radius 3 is 2.45 bits per heavy atom. The van der Waals surface area contributed by atoms with Crippen LogP contribution in [0.1, 0.15) is 76.1 Å². The molecule has 42 heavy (non-hydrogen) atoms. The number of likely N-dealkylation sites (tertiary alicyclic amines) is 1. The number of amides is 2. The summed E-state index contributed by atoms with van der Waals surface area (Å²) < 4.78 is 14.0. The molecule has 0 aromatic carbocycles. The van der Waals surface area contributed by atoms with Crippen molar-refractivity contribution >= 4 is 31.1 Å². The Morgan fingerprint density at radius 1 is 1.14 bits per heavy atom. The second kappa shape index (κ2) is 13.6. The number of hydrogen-bond acceptors (Lipinski definition) is 7. The Bertz CT molecular complexity index is 1280. The first kappa shape index (κ1) is 32.0. The number of aromatic nitrogens is 3. The summed E-state index contributed by atoms with van der Waals surface area (Å²) in [6.45, 7) is 14.7. The lowest BCUT2D eigenvalue weighted by Gasteiger charge is -2.37. The molecule has 10 nitrogen and oxygen atoms in total. The lowest BCUT2D eigenvalue weighted by atomic mass is 9.85. The number of carbonyl (C=O) groups is 2. The van der Waals surface area contributed by atoms with Crippen molar-refractivity contribution in [2.75, 3.05) is 19.7 Å². The van der Waals surface area contributed by atoms with Crippen LogP contribution in [0.2, 0.25) is 25.7 Å². The summed E-state index contributed by atoms with van der Waals surface area (Å²) in [7, 11) is -1.25. The number of ether oxygens (including phenoxy) is 2. The van der Waals surface area contributed by atoms with Gasteiger partial charge >= 0.3 is 0 Å². The number of hydrogen-bond donors (Lipinski definition) is 1. The Balaban J connectivity index is 1.59. The van der Waals surface area contributed by atoms with Gasteiger partial charge in [-0.2, -0.15) is 5.26 Å². The predicted octanol–water partition coefficient (Wildman–Crippen LogP) is 5.36. The van der Waals surface area contributed by atoms with Crippen molar-refractivity contribution in [2.45, 2.75) is 110 Å². The van der Waals surface area contributed by atoms with Crippen LogP contribution in [-0.4, -0.2) is 71.2 Å². The quantitative estimate of drug-likeness (QED) is 0.289. The molecule has 1 saturated heterocycles.